The number of carbonyl (C=O) groups excluding carboxylic acids is 1. The van der Waals surface area contributed by atoms with E-state index in [9.17, 15) is 13.6 Å². The molecule has 1 fully saturated rings. The average Bonchev–Trinajstić information content (AvgIpc) is 3.31. The Kier molecular flexibility index (Phi) is 13.6. The number of hydrogen-bond acceptors (Lipinski definition) is 3. The molecule has 0 bridgehead atoms. The molecule has 1 atom stereocenters. The Morgan fingerprint density at radius 3 is 1.93 bits per heavy atom. The summed E-state index contributed by atoms with van der Waals surface area (Å²) in [7, 11) is 0. The van der Waals surface area contributed by atoms with E-state index < -0.39 is 11.5 Å². The number of allylic oxidation sites excluding steroid dienone is 1. The van der Waals surface area contributed by atoms with Crippen LogP contribution in [0, 0.1) is 5.92 Å². The summed E-state index contributed by atoms with van der Waals surface area (Å²) in [5, 5.41) is 0.206. The van der Waals surface area contributed by atoms with Crippen LogP contribution in [0.15, 0.2) is 72.8 Å². The van der Waals surface area contributed by atoms with Crippen LogP contribution in [0.2, 0.25) is 0 Å². The third-order valence-corrected chi connectivity index (χ3v) is 8.49. The molecule has 2 aromatic rings. The highest BCUT2D eigenvalue weighted by Gasteiger charge is 2.57. The first kappa shape index (κ1) is 33.9. The fraction of sp³-hybridized carbons (Fsp3) is 0.556. The maximum absolute atomic E-state index is 14.1. The molecular formula is C36H49F2NO2S. The van der Waals surface area contributed by atoms with Crippen LogP contribution < -0.4 is 0 Å². The Morgan fingerprint density at radius 1 is 0.881 bits per heavy atom. The zero-order chi connectivity index (χ0) is 30.4. The molecule has 0 radical (unpaired) electrons. The van der Waals surface area contributed by atoms with Crippen molar-refractivity contribution in [3.63, 3.8) is 0 Å². The smallest absolute Gasteiger partial charge is 0.267 e. The largest absolute Gasteiger partial charge is 0.452 e. The minimum absolute atomic E-state index is 0.00654. The van der Waals surface area contributed by atoms with Gasteiger partial charge in [-0.25, -0.2) is 8.78 Å². The van der Waals surface area contributed by atoms with Gasteiger partial charge >= 0.3 is 0 Å². The zero-order valence-electron chi connectivity index (χ0n) is 25.7. The standard InChI is InChI=1S/C36H49F2NO2S/c1-4-5-6-11-20-27-35(37,38)28-21-12-9-7-8-10-19-26-32(40)39-33(29(2)3)36(41-34(39)42,30-22-15-13-16-23-30)31-24-17-14-18-25-31/h10,13-19,22-25,29,33H,4-9,11-12,20-21,26-28H2,1-3H3/b19-10+/t33-/m0/s1. The maximum Gasteiger partial charge on any atom is 0.267 e. The molecule has 0 saturated carbocycles. The van der Waals surface area contributed by atoms with Crippen LogP contribution in [-0.4, -0.2) is 27.9 Å². The fourth-order valence-electron chi connectivity index (χ4n) is 6.08. The van der Waals surface area contributed by atoms with Crippen molar-refractivity contribution in [2.75, 3.05) is 0 Å². The second-order valence-electron chi connectivity index (χ2n) is 11.9. The van der Waals surface area contributed by atoms with Crippen molar-refractivity contribution in [2.24, 2.45) is 5.92 Å². The van der Waals surface area contributed by atoms with Crippen molar-refractivity contribution in [3.8, 4) is 0 Å². The third kappa shape index (κ3) is 9.20. The number of ether oxygens (including phenoxy) is 1. The summed E-state index contributed by atoms with van der Waals surface area (Å²) in [6, 6.07) is 19.7. The first-order valence-electron chi connectivity index (χ1n) is 15.9. The van der Waals surface area contributed by atoms with Crippen molar-refractivity contribution >= 4 is 23.3 Å². The summed E-state index contributed by atoms with van der Waals surface area (Å²) in [6.45, 7) is 6.33. The topological polar surface area (TPSA) is 29.5 Å². The molecule has 3 rings (SSSR count). The number of unbranched alkanes of at least 4 members (excludes halogenated alkanes) is 8. The second kappa shape index (κ2) is 16.9. The number of benzene rings is 2. The summed E-state index contributed by atoms with van der Waals surface area (Å²) >= 11 is 5.69. The number of nitrogens with zero attached hydrogens (tertiary/aromatic N) is 1. The normalized spacial score (nSPS) is 16.9. The van der Waals surface area contributed by atoms with Gasteiger partial charge in [-0.05, 0) is 43.8 Å². The predicted molar refractivity (Wildman–Crippen MR) is 173 cm³/mol. The highest BCUT2D eigenvalue weighted by Crippen LogP contribution is 2.47. The van der Waals surface area contributed by atoms with Crippen molar-refractivity contribution in [1.29, 1.82) is 0 Å². The Morgan fingerprint density at radius 2 is 1.40 bits per heavy atom. The molecule has 1 heterocycles. The van der Waals surface area contributed by atoms with Crippen LogP contribution >= 0.6 is 12.2 Å². The van der Waals surface area contributed by atoms with Gasteiger partial charge in [0.15, 0.2) is 5.60 Å². The van der Waals surface area contributed by atoms with E-state index in [0.29, 0.717) is 12.8 Å². The van der Waals surface area contributed by atoms with Crippen LogP contribution in [0.1, 0.15) is 115 Å². The third-order valence-electron chi connectivity index (χ3n) is 8.21. The van der Waals surface area contributed by atoms with Gasteiger partial charge in [-0.1, -0.05) is 132 Å². The van der Waals surface area contributed by atoms with Crippen molar-refractivity contribution in [3.05, 3.63) is 83.9 Å². The lowest BCUT2D eigenvalue weighted by molar-refractivity contribution is -0.128. The number of alkyl halides is 2. The number of halogens is 2. The molecule has 0 aliphatic carbocycles. The molecule has 1 aliphatic rings. The predicted octanol–water partition coefficient (Wildman–Crippen LogP) is 10.4. The van der Waals surface area contributed by atoms with E-state index in [1.807, 2.05) is 72.8 Å². The Bertz CT molecular complexity index is 1080. The second-order valence-corrected chi connectivity index (χ2v) is 12.3. The number of thiocarbonyl (C=S) groups is 1. The summed E-state index contributed by atoms with van der Waals surface area (Å²) in [5.41, 5.74) is 1.04. The molecule has 42 heavy (non-hydrogen) atoms. The summed E-state index contributed by atoms with van der Waals surface area (Å²) < 4.78 is 34.7. The minimum atomic E-state index is -2.53. The van der Waals surface area contributed by atoms with E-state index >= 15 is 0 Å². The Labute approximate surface area is 257 Å². The number of rotatable bonds is 18. The number of carbonyl (C=O) groups is 1. The molecule has 6 heteroatoms. The summed E-state index contributed by atoms with van der Waals surface area (Å²) in [6.07, 6.45) is 13.1. The number of hydrogen-bond donors (Lipinski definition) is 0. The van der Waals surface area contributed by atoms with Gasteiger partial charge in [-0.15, -0.1) is 0 Å². The van der Waals surface area contributed by atoms with Gasteiger partial charge in [0.1, 0.15) is 0 Å². The molecule has 0 aromatic heterocycles. The van der Waals surface area contributed by atoms with E-state index in [4.69, 9.17) is 17.0 Å². The monoisotopic (exact) mass is 597 g/mol. The van der Waals surface area contributed by atoms with Gasteiger partial charge in [0.05, 0.1) is 6.04 Å². The summed E-state index contributed by atoms with van der Waals surface area (Å²) in [5.74, 6) is -2.54. The summed E-state index contributed by atoms with van der Waals surface area (Å²) in [4.78, 5) is 15.2. The average molecular weight is 598 g/mol. The van der Waals surface area contributed by atoms with Gasteiger partial charge in [-0.3, -0.25) is 9.69 Å². The molecule has 0 spiro atoms. The quantitative estimate of drug-likeness (QED) is 0.0973. The number of amides is 1. The molecule has 1 amide bonds. The van der Waals surface area contributed by atoms with E-state index in [2.05, 4.69) is 20.8 Å². The lowest BCUT2D eigenvalue weighted by Gasteiger charge is -2.38. The van der Waals surface area contributed by atoms with Gasteiger partial charge < -0.3 is 4.74 Å². The fourth-order valence-corrected chi connectivity index (χ4v) is 6.42. The van der Waals surface area contributed by atoms with Gasteiger partial charge in [0.25, 0.3) is 5.17 Å². The molecule has 2 aromatic carbocycles. The van der Waals surface area contributed by atoms with Crippen molar-refractivity contribution in [2.45, 2.75) is 122 Å². The molecular weight excluding hydrogens is 548 g/mol. The van der Waals surface area contributed by atoms with E-state index in [-0.39, 0.29) is 42.3 Å². The minimum Gasteiger partial charge on any atom is -0.452 e. The Balaban J connectivity index is 1.50. The first-order valence-corrected chi connectivity index (χ1v) is 16.3. The molecule has 0 N–H and O–H groups in total. The molecule has 3 nitrogen and oxygen atoms in total. The molecule has 1 saturated heterocycles. The highest BCUT2D eigenvalue weighted by molar-refractivity contribution is 7.80. The van der Waals surface area contributed by atoms with Crippen LogP contribution in [0.4, 0.5) is 8.78 Å². The molecule has 0 unspecified atom stereocenters. The van der Waals surface area contributed by atoms with Crippen LogP contribution in [-0.2, 0) is 15.1 Å². The van der Waals surface area contributed by atoms with Crippen molar-refractivity contribution < 1.29 is 18.3 Å². The van der Waals surface area contributed by atoms with E-state index in [0.717, 1.165) is 62.5 Å². The SMILES string of the molecule is CCCCCCCC(F)(F)CCCCCC/C=C/CC(=O)N1C(=S)OC(c2ccccc2)(c2ccccc2)[C@@H]1C(C)C. The van der Waals surface area contributed by atoms with Crippen LogP contribution in [0.3, 0.4) is 0 Å². The van der Waals surface area contributed by atoms with Crippen LogP contribution in [0.5, 0.6) is 0 Å². The zero-order valence-corrected chi connectivity index (χ0v) is 26.5. The van der Waals surface area contributed by atoms with E-state index in [1.165, 1.54) is 0 Å². The van der Waals surface area contributed by atoms with Gasteiger partial charge in [0.2, 0.25) is 11.8 Å². The Hall–Kier alpha value is -2.60. The lowest BCUT2D eigenvalue weighted by atomic mass is 9.75. The van der Waals surface area contributed by atoms with Gasteiger partial charge in [-0.2, -0.15) is 0 Å². The lowest BCUT2D eigenvalue weighted by Crippen LogP contribution is -2.49. The van der Waals surface area contributed by atoms with Gasteiger partial charge in [0, 0.05) is 30.4 Å². The highest BCUT2D eigenvalue weighted by atomic mass is 32.1. The van der Waals surface area contributed by atoms with E-state index in [1.54, 1.807) is 4.90 Å². The molecule has 1 aliphatic heterocycles. The maximum atomic E-state index is 14.1. The van der Waals surface area contributed by atoms with Crippen LogP contribution in [0.25, 0.3) is 0 Å². The first-order chi connectivity index (χ1) is 20.2. The molecule has 230 valence electrons. The van der Waals surface area contributed by atoms with Crippen molar-refractivity contribution in [1.82, 2.24) is 4.90 Å².